The van der Waals surface area contributed by atoms with Gasteiger partial charge in [-0.3, -0.25) is 0 Å². The molecule has 2 atom stereocenters. The molecular weight excluding hydrogens is 220 g/mol. The van der Waals surface area contributed by atoms with E-state index in [1.165, 1.54) is 4.88 Å². The zero-order valence-corrected chi connectivity index (χ0v) is 10.9. The molecule has 1 rings (SSSR count). The average molecular weight is 242 g/mol. The SMILES string of the molecule is CCCc1ccc(C(O)C(CCN)NC)s1. The lowest BCUT2D eigenvalue weighted by molar-refractivity contribution is 0.132. The Hall–Kier alpha value is -0.420. The van der Waals surface area contributed by atoms with Crippen LogP contribution < -0.4 is 11.1 Å². The van der Waals surface area contributed by atoms with Crippen molar-refractivity contribution in [1.29, 1.82) is 0 Å². The number of aryl methyl sites for hydroxylation is 1. The fourth-order valence-electron chi connectivity index (χ4n) is 1.77. The number of aliphatic hydroxyl groups excluding tert-OH is 1. The van der Waals surface area contributed by atoms with Crippen molar-refractivity contribution < 1.29 is 5.11 Å². The lowest BCUT2D eigenvalue weighted by Crippen LogP contribution is -2.33. The van der Waals surface area contributed by atoms with E-state index in [0.29, 0.717) is 6.54 Å². The molecule has 0 aromatic carbocycles. The lowest BCUT2D eigenvalue weighted by Gasteiger charge is -2.20. The molecule has 3 nitrogen and oxygen atoms in total. The molecule has 16 heavy (non-hydrogen) atoms. The van der Waals surface area contributed by atoms with Crippen molar-refractivity contribution in [3.8, 4) is 0 Å². The summed E-state index contributed by atoms with van der Waals surface area (Å²) in [6.45, 7) is 2.76. The first-order chi connectivity index (χ1) is 7.72. The fraction of sp³-hybridized carbons (Fsp3) is 0.667. The van der Waals surface area contributed by atoms with Crippen molar-refractivity contribution in [2.24, 2.45) is 5.73 Å². The number of nitrogens with one attached hydrogen (secondary N) is 1. The standard InChI is InChI=1S/C12H22N2OS/c1-3-4-9-5-6-11(16-9)12(15)10(14-2)7-8-13/h5-6,10,12,14-15H,3-4,7-8,13H2,1-2H3. The van der Waals surface area contributed by atoms with Crippen LogP contribution in [0.2, 0.25) is 0 Å². The first kappa shape index (κ1) is 13.6. The zero-order valence-electron chi connectivity index (χ0n) is 10.1. The van der Waals surface area contributed by atoms with Crippen molar-refractivity contribution in [2.45, 2.75) is 38.3 Å². The topological polar surface area (TPSA) is 58.3 Å². The molecule has 0 saturated carbocycles. The predicted molar refractivity (Wildman–Crippen MR) is 69.8 cm³/mol. The molecule has 4 heteroatoms. The van der Waals surface area contributed by atoms with E-state index < -0.39 is 6.10 Å². The third kappa shape index (κ3) is 3.56. The van der Waals surface area contributed by atoms with Crippen molar-refractivity contribution in [2.75, 3.05) is 13.6 Å². The molecule has 2 unspecified atom stereocenters. The molecule has 0 spiro atoms. The Bertz CT molecular complexity index is 301. The number of nitrogens with two attached hydrogens (primary N) is 1. The summed E-state index contributed by atoms with van der Waals surface area (Å²) in [4.78, 5) is 2.38. The van der Waals surface area contributed by atoms with Crippen LogP contribution in [0.25, 0.3) is 0 Å². The highest BCUT2D eigenvalue weighted by Crippen LogP contribution is 2.27. The molecule has 0 amide bonds. The van der Waals surface area contributed by atoms with Gasteiger partial charge >= 0.3 is 0 Å². The summed E-state index contributed by atoms with van der Waals surface area (Å²) in [7, 11) is 1.87. The molecule has 0 aliphatic carbocycles. The largest absolute Gasteiger partial charge is 0.386 e. The van der Waals surface area contributed by atoms with E-state index in [0.717, 1.165) is 24.1 Å². The second kappa shape index (κ2) is 7.01. The van der Waals surface area contributed by atoms with Gasteiger partial charge in [-0.2, -0.15) is 0 Å². The molecule has 0 aliphatic heterocycles. The van der Waals surface area contributed by atoms with E-state index in [4.69, 9.17) is 5.73 Å². The molecule has 0 bridgehead atoms. The van der Waals surface area contributed by atoms with E-state index in [9.17, 15) is 5.11 Å². The summed E-state index contributed by atoms with van der Waals surface area (Å²) in [6.07, 6.45) is 2.59. The van der Waals surface area contributed by atoms with Gasteiger partial charge in [0.25, 0.3) is 0 Å². The van der Waals surface area contributed by atoms with Crippen LogP contribution in [-0.2, 0) is 6.42 Å². The quantitative estimate of drug-likeness (QED) is 0.681. The monoisotopic (exact) mass is 242 g/mol. The zero-order chi connectivity index (χ0) is 12.0. The van der Waals surface area contributed by atoms with Crippen LogP contribution in [0, 0.1) is 0 Å². The Morgan fingerprint density at radius 3 is 2.81 bits per heavy atom. The van der Waals surface area contributed by atoms with Gasteiger partial charge in [0.1, 0.15) is 6.10 Å². The molecule has 92 valence electrons. The normalized spacial score (nSPS) is 15.0. The summed E-state index contributed by atoms with van der Waals surface area (Å²) < 4.78 is 0. The molecule has 0 saturated heterocycles. The van der Waals surface area contributed by atoms with Gasteiger partial charge in [-0.05, 0) is 38.6 Å². The third-order valence-corrected chi connectivity index (χ3v) is 3.92. The van der Waals surface area contributed by atoms with Crippen LogP contribution in [0.4, 0.5) is 0 Å². The van der Waals surface area contributed by atoms with Crippen molar-refractivity contribution in [1.82, 2.24) is 5.32 Å². The first-order valence-corrected chi connectivity index (χ1v) is 6.68. The van der Waals surface area contributed by atoms with E-state index >= 15 is 0 Å². The highest BCUT2D eigenvalue weighted by molar-refractivity contribution is 7.12. The van der Waals surface area contributed by atoms with E-state index in [1.54, 1.807) is 11.3 Å². The number of rotatable bonds is 7. The Morgan fingerprint density at radius 1 is 1.50 bits per heavy atom. The van der Waals surface area contributed by atoms with Crippen LogP contribution in [0.5, 0.6) is 0 Å². The van der Waals surface area contributed by atoms with Gasteiger partial charge in [0.2, 0.25) is 0 Å². The molecule has 1 aromatic rings. The first-order valence-electron chi connectivity index (χ1n) is 5.86. The van der Waals surface area contributed by atoms with Gasteiger partial charge in [-0.25, -0.2) is 0 Å². The number of aliphatic hydroxyl groups is 1. The number of likely N-dealkylation sites (N-methyl/N-ethyl adjacent to an activating group) is 1. The minimum atomic E-state index is -0.441. The Kier molecular flexibility index (Phi) is 5.98. The summed E-state index contributed by atoms with van der Waals surface area (Å²) in [5, 5.41) is 13.3. The lowest BCUT2D eigenvalue weighted by atomic mass is 10.1. The maximum absolute atomic E-state index is 10.2. The van der Waals surface area contributed by atoms with E-state index in [1.807, 2.05) is 13.1 Å². The van der Waals surface area contributed by atoms with Gasteiger partial charge in [0.15, 0.2) is 0 Å². The number of hydrogen-bond acceptors (Lipinski definition) is 4. The Morgan fingerprint density at radius 2 is 2.25 bits per heavy atom. The van der Waals surface area contributed by atoms with Crippen LogP contribution >= 0.6 is 11.3 Å². The Balaban J connectivity index is 2.66. The molecule has 1 aromatic heterocycles. The third-order valence-electron chi connectivity index (χ3n) is 2.70. The predicted octanol–water partition coefficient (Wildman–Crippen LogP) is 1.67. The number of thiophene rings is 1. The molecule has 0 fully saturated rings. The second-order valence-electron chi connectivity index (χ2n) is 3.97. The molecule has 4 N–H and O–H groups in total. The van der Waals surface area contributed by atoms with Gasteiger partial charge in [-0.1, -0.05) is 13.3 Å². The smallest absolute Gasteiger partial charge is 0.103 e. The highest BCUT2D eigenvalue weighted by Gasteiger charge is 2.19. The highest BCUT2D eigenvalue weighted by atomic mass is 32.1. The van der Waals surface area contributed by atoms with Crippen molar-refractivity contribution in [3.05, 3.63) is 21.9 Å². The van der Waals surface area contributed by atoms with Gasteiger partial charge in [0, 0.05) is 15.8 Å². The van der Waals surface area contributed by atoms with Gasteiger partial charge in [-0.15, -0.1) is 11.3 Å². The van der Waals surface area contributed by atoms with Crippen LogP contribution in [0.3, 0.4) is 0 Å². The Labute approximate surface area is 102 Å². The maximum Gasteiger partial charge on any atom is 0.103 e. The van der Waals surface area contributed by atoms with Crippen molar-refractivity contribution in [3.63, 3.8) is 0 Å². The average Bonchev–Trinajstić information content (AvgIpc) is 2.74. The van der Waals surface area contributed by atoms with Gasteiger partial charge < -0.3 is 16.2 Å². The molecular formula is C12H22N2OS. The van der Waals surface area contributed by atoms with Gasteiger partial charge in [0.05, 0.1) is 0 Å². The minimum absolute atomic E-state index is 0.0538. The number of hydrogen-bond donors (Lipinski definition) is 3. The summed E-state index contributed by atoms with van der Waals surface area (Å²) in [6, 6.07) is 4.20. The summed E-state index contributed by atoms with van der Waals surface area (Å²) >= 11 is 1.70. The summed E-state index contributed by atoms with van der Waals surface area (Å²) in [5.74, 6) is 0. The van der Waals surface area contributed by atoms with Crippen molar-refractivity contribution >= 4 is 11.3 Å². The van der Waals surface area contributed by atoms with E-state index in [-0.39, 0.29) is 6.04 Å². The minimum Gasteiger partial charge on any atom is -0.386 e. The van der Waals surface area contributed by atoms with Crippen LogP contribution in [-0.4, -0.2) is 24.7 Å². The molecule has 1 heterocycles. The summed E-state index contributed by atoms with van der Waals surface area (Å²) in [5.41, 5.74) is 5.53. The van der Waals surface area contributed by atoms with E-state index in [2.05, 4.69) is 18.3 Å². The maximum atomic E-state index is 10.2. The second-order valence-corrected chi connectivity index (χ2v) is 5.17. The molecule has 0 radical (unpaired) electrons. The van der Waals surface area contributed by atoms with Crippen LogP contribution in [0.1, 0.15) is 35.6 Å². The fourth-order valence-corrected chi connectivity index (χ4v) is 2.94. The molecule has 0 aliphatic rings. The van der Waals surface area contributed by atoms with Crippen LogP contribution in [0.15, 0.2) is 12.1 Å².